The van der Waals surface area contributed by atoms with E-state index in [1.54, 1.807) is 25.5 Å². The first kappa shape index (κ1) is 16.9. The molecule has 0 unspecified atom stereocenters. The Kier molecular flexibility index (Phi) is 4.61. The van der Waals surface area contributed by atoms with Crippen molar-refractivity contribution in [3.05, 3.63) is 65.7 Å². The average Bonchev–Trinajstić information content (AvgIpc) is 3.16. The zero-order valence-corrected chi connectivity index (χ0v) is 14.8. The van der Waals surface area contributed by atoms with Gasteiger partial charge in [-0.2, -0.15) is 5.10 Å². The van der Waals surface area contributed by atoms with Crippen LogP contribution >= 0.6 is 0 Å². The van der Waals surface area contributed by atoms with Crippen molar-refractivity contribution in [2.75, 3.05) is 13.9 Å². The van der Waals surface area contributed by atoms with E-state index < -0.39 is 0 Å². The van der Waals surface area contributed by atoms with Gasteiger partial charge < -0.3 is 14.2 Å². The summed E-state index contributed by atoms with van der Waals surface area (Å²) in [5.74, 6) is 1.83. The van der Waals surface area contributed by atoms with Gasteiger partial charge in [0.25, 0.3) is 0 Å². The highest BCUT2D eigenvalue weighted by atomic mass is 16.7. The molecule has 27 heavy (non-hydrogen) atoms. The van der Waals surface area contributed by atoms with Gasteiger partial charge in [-0.15, -0.1) is 0 Å². The molecule has 0 fully saturated rings. The first-order valence-electron chi connectivity index (χ1n) is 8.51. The van der Waals surface area contributed by atoms with Crippen LogP contribution in [0.15, 0.2) is 59.7 Å². The Bertz CT molecular complexity index is 1030. The van der Waals surface area contributed by atoms with Crippen LogP contribution in [0.4, 0.5) is 0 Å². The first-order valence-corrected chi connectivity index (χ1v) is 8.51. The maximum Gasteiger partial charge on any atom is 0.244 e. The second-order valence-electron chi connectivity index (χ2n) is 6.06. The molecule has 0 radical (unpaired) electrons. The number of amides is 1. The van der Waals surface area contributed by atoms with Crippen molar-refractivity contribution < 1.29 is 19.0 Å². The van der Waals surface area contributed by atoms with Gasteiger partial charge in [-0.05, 0) is 34.5 Å². The quantitative estimate of drug-likeness (QED) is 0.559. The summed E-state index contributed by atoms with van der Waals surface area (Å²) in [4.78, 5) is 12.2. The minimum absolute atomic E-state index is 0.195. The molecule has 1 aliphatic heterocycles. The number of hydrogen-bond acceptors (Lipinski definition) is 5. The van der Waals surface area contributed by atoms with Crippen molar-refractivity contribution >= 4 is 22.9 Å². The van der Waals surface area contributed by atoms with E-state index >= 15 is 0 Å². The van der Waals surface area contributed by atoms with E-state index in [0.29, 0.717) is 17.2 Å². The molecule has 3 aromatic carbocycles. The monoisotopic (exact) mass is 362 g/mol. The topological polar surface area (TPSA) is 69.2 Å². The molecular formula is C21H18N2O4. The molecule has 0 atom stereocenters. The second kappa shape index (κ2) is 7.37. The van der Waals surface area contributed by atoms with Gasteiger partial charge in [-0.1, -0.05) is 36.4 Å². The first-order chi connectivity index (χ1) is 13.2. The maximum absolute atomic E-state index is 12.2. The Morgan fingerprint density at radius 2 is 2.00 bits per heavy atom. The van der Waals surface area contributed by atoms with Crippen molar-refractivity contribution in [1.29, 1.82) is 0 Å². The SMILES string of the molecule is COc1ccc2ccccc2c1C=NNC(=O)Cc1ccc2c(c1)OCO2. The fraction of sp³-hybridized carbons (Fsp3) is 0.143. The van der Waals surface area contributed by atoms with Gasteiger partial charge in [0.1, 0.15) is 5.75 Å². The molecule has 0 bridgehead atoms. The van der Waals surface area contributed by atoms with Gasteiger partial charge in [0.05, 0.1) is 19.7 Å². The van der Waals surface area contributed by atoms with Crippen molar-refractivity contribution in [3.8, 4) is 17.2 Å². The lowest BCUT2D eigenvalue weighted by atomic mass is 10.0. The van der Waals surface area contributed by atoms with Crippen LogP contribution in [0, 0.1) is 0 Å². The highest BCUT2D eigenvalue weighted by molar-refractivity contribution is 6.02. The van der Waals surface area contributed by atoms with E-state index in [-0.39, 0.29) is 19.1 Å². The number of nitrogens with zero attached hydrogens (tertiary/aromatic N) is 1. The van der Waals surface area contributed by atoms with Gasteiger partial charge >= 0.3 is 0 Å². The van der Waals surface area contributed by atoms with Crippen molar-refractivity contribution in [2.45, 2.75) is 6.42 Å². The number of ether oxygens (including phenoxy) is 3. The Hall–Kier alpha value is -3.54. The summed E-state index contributed by atoms with van der Waals surface area (Å²) in [7, 11) is 1.61. The van der Waals surface area contributed by atoms with Crippen LogP contribution in [-0.4, -0.2) is 26.0 Å². The lowest BCUT2D eigenvalue weighted by molar-refractivity contribution is -0.120. The summed E-state index contributed by atoms with van der Waals surface area (Å²) >= 11 is 0. The summed E-state index contributed by atoms with van der Waals surface area (Å²) in [6.07, 6.45) is 1.80. The molecule has 6 heteroatoms. The number of rotatable bonds is 5. The normalized spacial score (nSPS) is 12.5. The molecule has 1 aliphatic rings. The van der Waals surface area contributed by atoms with Crippen LogP contribution in [-0.2, 0) is 11.2 Å². The number of nitrogens with one attached hydrogen (secondary N) is 1. The predicted molar refractivity (Wildman–Crippen MR) is 103 cm³/mol. The van der Waals surface area contributed by atoms with E-state index in [1.807, 2.05) is 42.5 Å². The number of carbonyl (C=O) groups excluding carboxylic acids is 1. The minimum Gasteiger partial charge on any atom is -0.496 e. The molecule has 0 saturated heterocycles. The standard InChI is InChI=1S/C21H18N2O4/c1-25-18-9-7-15-4-2-3-5-16(15)17(18)12-22-23-21(24)11-14-6-8-19-20(10-14)27-13-26-19/h2-10,12H,11,13H2,1H3,(H,23,24). The van der Waals surface area contributed by atoms with Crippen molar-refractivity contribution in [3.63, 3.8) is 0 Å². The van der Waals surface area contributed by atoms with Gasteiger partial charge in [-0.3, -0.25) is 4.79 Å². The maximum atomic E-state index is 12.2. The summed E-state index contributed by atoms with van der Waals surface area (Å²) in [5.41, 5.74) is 4.21. The molecule has 4 rings (SSSR count). The summed E-state index contributed by atoms with van der Waals surface area (Å²) in [5, 5.41) is 6.19. The fourth-order valence-corrected chi connectivity index (χ4v) is 3.03. The lowest BCUT2D eigenvalue weighted by Crippen LogP contribution is -2.19. The molecule has 136 valence electrons. The fourth-order valence-electron chi connectivity index (χ4n) is 3.03. The van der Waals surface area contributed by atoms with Crippen molar-refractivity contribution in [1.82, 2.24) is 5.43 Å². The molecule has 6 nitrogen and oxygen atoms in total. The molecule has 1 N–H and O–H groups in total. The Balaban J connectivity index is 1.47. The molecule has 0 aromatic heterocycles. The second-order valence-corrected chi connectivity index (χ2v) is 6.06. The van der Waals surface area contributed by atoms with Gasteiger partial charge in [0.15, 0.2) is 11.5 Å². The third-order valence-electron chi connectivity index (χ3n) is 4.34. The number of hydrogen-bond donors (Lipinski definition) is 1. The summed E-state index contributed by atoms with van der Waals surface area (Å²) in [6.45, 7) is 0.210. The van der Waals surface area contributed by atoms with E-state index in [1.165, 1.54) is 0 Å². The summed E-state index contributed by atoms with van der Waals surface area (Å²) < 4.78 is 16.0. The molecular weight excluding hydrogens is 344 g/mol. The van der Waals surface area contributed by atoms with Crippen LogP contribution in [0.2, 0.25) is 0 Å². The molecule has 1 heterocycles. The number of hydrazone groups is 1. The van der Waals surface area contributed by atoms with Gasteiger partial charge in [0, 0.05) is 5.56 Å². The van der Waals surface area contributed by atoms with E-state index in [2.05, 4.69) is 10.5 Å². The number of carbonyl (C=O) groups is 1. The van der Waals surface area contributed by atoms with Crippen LogP contribution in [0.25, 0.3) is 10.8 Å². The van der Waals surface area contributed by atoms with E-state index in [0.717, 1.165) is 21.9 Å². The number of fused-ring (bicyclic) bond motifs is 2. The molecule has 1 amide bonds. The third kappa shape index (κ3) is 3.55. The van der Waals surface area contributed by atoms with Crippen LogP contribution in [0.3, 0.4) is 0 Å². The zero-order valence-electron chi connectivity index (χ0n) is 14.8. The van der Waals surface area contributed by atoms with Gasteiger partial charge in [0.2, 0.25) is 12.7 Å². The number of benzene rings is 3. The predicted octanol–water partition coefficient (Wildman–Crippen LogP) is 3.27. The Morgan fingerprint density at radius 3 is 2.89 bits per heavy atom. The average molecular weight is 362 g/mol. The van der Waals surface area contributed by atoms with Crippen LogP contribution in [0.1, 0.15) is 11.1 Å². The smallest absolute Gasteiger partial charge is 0.244 e. The molecule has 0 aliphatic carbocycles. The van der Waals surface area contributed by atoms with Crippen LogP contribution < -0.4 is 19.6 Å². The lowest BCUT2D eigenvalue weighted by Gasteiger charge is -2.08. The molecule has 0 saturated carbocycles. The van der Waals surface area contributed by atoms with Gasteiger partial charge in [-0.25, -0.2) is 5.43 Å². The third-order valence-corrected chi connectivity index (χ3v) is 4.34. The van der Waals surface area contributed by atoms with Crippen LogP contribution in [0.5, 0.6) is 17.2 Å². The van der Waals surface area contributed by atoms with E-state index in [9.17, 15) is 4.79 Å². The van der Waals surface area contributed by atoms with Crippen molar-refractivity contribution in [2.24, 2.45) is 5.10 Å². The highest BCUT2D eigenvalue weighted by Crippen LogP contribution is 2.32. The largest absolute Gasteiger partial charge is 0.496 e. The van der Waals surface area contributed by atoms with E-state index in [4.69, 9.17) is 14.2 Å². The highest BCUT2D eigenvalue weighted by Gasteiger charge is 2.14. The Labute approximate surface area is 156 Å². The Morgan fingerprint density at radius 1 is 1.15 bits per heavy atom. The molecule has 3 aromatic rings. The zero-order chi connectivity index (χ0) is 18.6. The molecule has 0 spiro atoms. The number of methoxy groups -OCH3 is 1. The minimum atomic E-state index is -0.218. The summed E-state index contributed by atoms with van der Waals surface area (Å²) in [6, 6.07) is 17.3.